The highest BCUT2D eigenvalue weighted by Gasteiger charge is 2.34. The lowest BCUT2D eigenvalue weighted by Crippen LogP contribution is -2.34. The first kappa shape index (κ1) is 24.0. The summed E-state index contributed by atoms with van der Waals surface area (Å²) in [5.41, 5.74) is -0.158. The van der Waals surface area contributed by atoms with E-state index in [0.29, 0.717) is 10.4 Å². The Hall–Kier alpha value is -3.71. The largest absolute Gasteiger partial charge is 0.505 e. The van der Waals surface area contributed by atoms with Gasteiger partial charge in [-0.15, -0.1) is 11.3 Å². The lowest BCUT2D eigenvalue weighted by atomic mass is 10.1. The quantitative estimate of drug-likeness (QED) is 0.264. The molecule has 36 heavy (non-hydrogen) atoms. The molecule has 1 aliphatic heterocycles. The highest BCUT2D eigenvalue weighted by atomic mass is 32.2. The number of furan rings is 1. The molecular weight excluding hydrogens is 529 g/mol. The summed E-state index contributed by atoms with van der Waals surface area (Å²) in [5.74, 6) is -0.822. The highest BCUT2D eigenvalue weighted by Crippen LogP contribution is 2.47. The molecular formula is C21H18N5O7PS2. The molecule has 12 nitrogen and oxygen atoms in total. The molecule has 0 amide bonds. The second kappa shape index (κ2) is 8.75. The predicted molar refractivity (Wildman–Crippen MR) is 136 cm³/mol. The number of sulfonamides is 1. The van der Waals surface area contributed by atoms with Crippen LogP contribution in [0.3, 0.4) is 0 Å². The van der Waals surface area contributed by atoms with Crippen molar-refractivity contribution in [3.8, 4) is 16.3 Å². The van der Waals surface area contributed by atoms with Crippen LogP contribution in [-0.4, -0.2) is 40.3 Å². The van der Waals surface area contributed by atoms with E-state index in [9.17, 15) is 27.8 Å². The van der Waals surface area contributed by atoms with Crippen molar-refractivity contribution in [1.29, 1.82) is 0 Å². The second-order valence-corrected chi connectivity index (χ2v) is 12.3. The summed E-state index contributed by atoms with van der Waals surface area (Å²) in [5, 5.41) is 19.8. The van der Waals surface area contributed by atoms with Crippen LogP contribution in [0.1, 0.15) is 11.1 Å². The van der Waals surface area contributed by atoms with Gasteiger partial charge in [0, 0.05) is 11.3 Å². The Morgan fingerprint density at radius 3 is 2.75 bits per heavy atom. The third-order valence-corrected chi connectivity index (χ3v) is 8.09. The number of nitrogens with zero attached hydrogens (tertiary/aromatic N) is 3. The van der Waals surface area contributed by atoms with Crippen molar-refractivity contribution >= 4 is 51.4 Å². The first-order chi connectivity index (χ1) is 17.0. The van der Waals surface area contributed by atoms with Crippen LogP contribution < -0.4 is 20.9 Å². The fourth-order valence-corrected chi connectivity index (χ4v) is 6.17. The summed E-state index contributed by atoms with van der Waals surface area (Å²) in [6.07, 6.45) is 3.84. The van der Waals surface area contributed by atoms with Gasteiger partial charge in [0.1, 0.15) is 11.3 Å². The van der Waals surface area contributed by atoms with Gasteiger partial charge < -0.3 is 19.7 Å². The number of aromatic hydroxyl groups is 1. The smallest absolute Gasteiger partial charge is 0.346 e. The standard InChI is InChI=1S/C21H18N5O7PS2/c1-36(31,32)25-13-4-5-14-15(9-13)34(29,30)24-20(22-14)17-19(27)18(16-3-2-8-35-16)23-26(21(17)28)10-12-6-7-33-11-12/h2-9,11,25,27H,10H2,1H3,(H2,22,24,29,30). The van der Waals surface area contributed by atoms with Crippen molar-refractivity contribution in [2.24, 2.45) is 4.76 Å². The summed E-state index contributed by atoms with van der Waals surface area (Å²) in [6, 6.07) is 9.07. The van der Waals surface area contributed by atoms with E-state index in [1.54, 1.807) is 23.6 Å². The maximum Gasteiger partial charge on any atom is 0.346 e. The molecule has 4 heterocycles. The van der Waals surface area contributed by atoms with E-state index in [1.165, 1.54) is 42.1 Å². The third kappa shape index (κ3) is 4.58. The van der Waals surface area contributed by atoms with Gasteiger partial charge in [0.05, 0.1) is 41.2 Å². The number of amidine groups is 1. The van der Waals surface area contributed by atoms with Crippen molar-refractivity contribution in [3.63, 3.8) is 0 Å². The molecule has 1 aromatic carbocycles. The normalized spacial score (nSPS) is 17.2. The van der Waals surface area contributed by atoms with Crippen LogP contribution >= 0.6 is 18.9 Å². The molecule has 5 rings (SSSR count). The minimum absolute atomic E-state index is 0.0160. The average molecular weight is 548 g/mol. The molecule has 0 radical (unpaired) electrons. The third-order valence-electron chi connectivity index (χ3n) is 5.14. The first-order valence-electron chi connectivity index (χ1n) is 10.2. The highest BCUT2D eigenvalue weighted by molar-refractivity contribution is 7.92. The monoisotopic (exact) mass is 547 g/mol. The molecule has 3 aromatic heterocycles. The van der Waals surface area contributed by atoms with Gasteiger partial charge in [0.25, 0.3) is 5.56 Å². The molecule has 1 atom stereocenters. The summed E-state index contributed by atoms with van der Waals surface area (Å²) in [7, 11) is -8.10. The van der Waals surface area contributed by atoms with Crippen LogP contribution in [-0.2, 0) is 21.1 Å². The van der Waals surface area contributed by atoms with Gasteiger partial charge in [-0.3, -0.25) is 14.1 Å². The average Bonchev–Trinajstić information content (AvgIpc) is 3.49. The molecule has 0 bridgehead atoms. The minimum Gasteiger partial charge on any atom is -0.505 e. The van der Waals surface area contributed by atoms with Crippen molar-refractivity contribution in [3.05, 3.63) is 75.8 Å². The lowest BCUT2D eigenvalue weighted by Gasteiger charge is -2.23. The summed E-state index contributed by atoms with van der Waals surface area (Å²) < 4.78 is 48.6. The van der Waals surface area contributed by atoms with Crippen LogP contribution in [0.15, 0.2) is 68.3 Å². The van der Waals surface area contributed by atoms with Gasteiger partial charge in [-0.05, 0) is 35.7 Å². The molecule has 1 aliphatic rings. The number of thiophene rings is 1. The van der Waals surface area contributed by atoms with E-state index < -0.39 is 28.9 Å². The summed E-state index contributed by atoms with van der Waals surface area (Å²) in [6.45, 7) is 0.0160. The number of aromatic nitrogens is 2. The fraction of sp³-hybridized carbons (Fsp3) is 0.0952. The number of anilines is 2. The molecule has 0 saturated carbocycles. The molecule has 0 aliphatic carbocycles. The Labute approximate surface area is 208 Å². The molecule has 15 heteroatoms. The Bertz CT molecular complexity index is 1710. The number of hydrogen-bond donors (Lipinski definition) is 4. The lowest BCUT2D eigenvalue weighted by molar-refractivity contribution is 0.464. The molecule has 186 valence electrons. The zero-order valence-corrected chi connectivity index (χ0v) is 21.0. The predicted octanol–water partition coefficient (Wildman–Crippen LogP) is 2.37. The van der Waals surface area contributed by atoms with Crippen LogP contribution in [0.2, 0.25) is 0 Å². The molecule has 0 fully saturated rings. The van der Waals surface area contributed by atoms with Crippen molar-refractivity contribution < 1.29 is 27.4 Å². The Morgan fingerprint density at radius 2 is 2.08 bits per heavy atom. The molecule has 0 saturated heterocycles. The van der Waals surface area contributed by atoms with Crippen LogP contribution in [0.25, 0.3) is 10.6 Å². The maximum absolute atomic E-state index is 13.4. The zero-order chi connectivity index (χ0) is 25.7. The molecule has 1 unspecified atom stereocenters. The molecule has 0 spiro atoms. The number of benzene rings is 1. The number of hydrogen-bond acceptors (Lipinski definition) is 9. The number of fused-ring (bicyclic) bond motifs is 1. The van der Waals surface area contributed by atoms with E-state index in [2.05, 4.69) is 19.9 Å². The van der Waals surface area contributed by atoms with Crippen molar-refractivity contribution in [1.82, 2.24) is 9.78 Å². The van der Waals surface area contributed by atoms with Gasteiger partial charge in [0.2, 0.25) is 10.0 Å². The minimum atomic E-state index is -4.48. The Kier molecular flexibility index (Phi) is 5.83. The summed E-state index contributed by atoms with van der Waals surface area (Å²) in [4.78, 5) is 24.7. The van der Waals surface area contributed by atoms with Gasteiger partial charge >= 0.3 is 7.52 Å². The van der Waals surface area contributed by atoms with Crippen molar-refractivity contribution in [2.45, 2.75) is 6.54 Å². The topological polar surface area (TPSA) is 176 Å². The number of rotatable bonds is 6. The van der Waals surface area contributed by atoms with Gasteiger partial charge in [-0.25, -0.2) is 13.1 Å². The second-order valence-electron chi connectivity index (χ2n) is 7.87. The number of nitrogens with one attached hydrogen (secondary N) is 2. The SMILES string of the molecule is CS(=O)(=O)Nc1ccc2c(c1)P(=O)(O)N=C(c1c(O)c(-c3cccs3)nn(Cc3ccoc3)c1=O)N2. The van der Waals surface area contributed by atoms with E-state index in [4.69, 9.17) is 4.42 Å². The van der Waals surface area contributed by atoms with Crippen LogP contribution in [0.4, 0.5) is 11.4 Å². The Balaban J connectivity index is 1.66. The molecule has 4 aromatic rings. The van der Waals surface area contributed by atoms with E-state index in [-0.39, 0.29) is 40.3 Å². The van der Waals surface area contributed by atoms with Crippen molar-refractivity contribution in [2.75, 3.05) is 16.3 Å². The first-order valence-corrected chi connectivity index (χ1v) is 14.6. The fourth-order valence-electron chi connectivity index (χ4n) is 3.63. The van der Waals surface area contributed by atoms with Crippen LogP contribution in [0.5, 0.6) is 5.75 Å². The van der Waals surface area contributed by atoms with E-state index in [1.807, 2.05) is 0 Å². The Morgan fingerprint density at radius 1 is 1.28 bits per heavy atom. The van der Waals surface area contributed by atoms with E-state index >= 15 is 0 Å². The van der Waals surface area contributed by atoms with Gasteiger partial charge in [0.15, 0.2) is 11.6 Å². The van der Waals surface area contributed by atoms with Gasteiger partial charge in [-0.2, -0.15) is 9.86 Å². The van der Waals surface area contributed by atoms with Gasteiger partial charge in [-0.1, -0.05) is 6.07 Å². The van der Waals surface area contributed by atoms with E-state index in [0.717, 1.165) is 10.9 Å². The zero-order valence-electron chi connectivity index (χ0n) is 18.4. The molecule has 4 N–H and O–H groups in total. The summed E-state index contributed by atoms with van der Waals surface area (Å²) >= 11 is 1.29. The van der Waals surface area contributed by atoms with Crippen LogP contribution in [0, 0.1) is 0 Å². The maximum atomic E-state index is 13.4.